The van der Waals surface area contributed by atoms with Crippen LogP contribution in [0.25, 0.3) is 10.1 Å². The van der Waals surface area contributed by atoms with Crippen molar-refractivity contribution in [2.45, 2.75) is 6.42 Å². The molecule has 1 heterocycles. The lowest BCUT2D eigenvalue weighted by Gasteiger charge is -2.10. The zero-order valence-corrected chi connectivity index (χ0v) is 17.1. The molecule has 1 aromatic heterocycles. The molecular formula is C19H16ClN3O3S2. The monoisotopic (exact) mass is 433 g/mol. The predicted molar refractivity (Wildman–Crippen MR) is 115 cm³/mol. The topological polar surface area (TPSA) is 79.5 Å². The van der Waals surface area contributed by atoms with Gasteiger partial charge in [0.05, 0.1) is 18.6 Å². The Morgan fingerprint density at radius 3 is 2.50 bits per heavy atom. The van der Waals surface area contributed by atoms with Gasteiger partial charge in [0.1, 0.15) is 10.6 Å². The minimum atomic E-state index is -0.432. The summed E-state index contributed by atoms with van der Waals surface area (Å²) in [5.74, 6) is -0.0290. The van der Waals surface area contributed by atoms with Gasteiger partial charge in [0, 0.05) is 10.1 Å². The Labute approximate surface area is 175 Å². The van der Waals surface area contributed by atoms with Crippen LogP contribution in [0, 0.1) is 0 Å². The van der Waals surface area contributed by atoms with Gasteiger partial charge in [0.25, 0.3) is 5.91 Å². The van der Waals surface area contributed by atoms with Gasteiger partial charge in [-0.2, -0.15) is 0 Å². The molecule has 3 aromatic rings. The summed E-state index contributed by atoms with van der Waals surface area (Å²) >= 11 is 12.6. The van der Waals surface area contributed by atoms with Gasteiger partial charge in [-0.1, -0.05) is 41.9 Å². The maximum atomic E-state index is 12.3. The van der Waals surface area contributed by atoms with Crippen molar-refractivity contribution in [1.29, 1.82) is 0 Å². The van der Waals surface area contributed by atoms with Crippen molar-refractivity contribution >= 4 is 62.2 Å². The standard InChI is InChI=1S/C19H16ClN3O3S2/c1-26-12-8-6-11(7-9-12)10-15(24)21-19(27)23-22-18(25)17-16(20)13-4-2-3-5-14(13)28-17/h2-9H,10H2,1H3,(H,22,25)(H2,21,23,24,27). The van der Waals surface area contributed by atoms with E-state index in [9.17, 15) is 9.59 Å². The number of carbonyl (C=O) groups excluding carboxylic acids is 2. The number of hydrazine groups is 1. The number of hydrogen-bond acceptors (Lipinski definition) is 5. The molecule has 6 nitrogen and oxygen atoms in total. The molecule has 0 bridgehead atoms. The summed E-state index contributed by atoms with van der Waals surface area (Å²) in [6, 6.07) is 14.6. The van der Waals surface area contributed by atoms with E-state index < -0.39 is 5.91 Å². The second-order valence-corrected chi connectivity index (χ2v) is 7.56. The molecule has 0 saturated heterocycles. The Morgan fingerprint density at radius 2 is 1.82 bits per heavy atom. The summed E-state index contributed by atoms with van der Waals surface area (Å²) in [4.78, 5) is 24.8. The largest absolute Gasteiger partial charge is 0.497 e. The molecule has 0 aliphatic heterocycles. The van der Waals surface area contributed by atoms with Crippen molar-refractivity contribution in [1.82, 2.24) is 16.2 Å². The molecule has 9 heteroatoms. The van der Waals surface area contributed by atoms with Gasteiger partial charge in [-0.25, -0.2) is 0 Å². The quantitative estimate of drug-likeness (QED) is 0.434. The zero-order valence-electron chi connectivity index (χ0n) is 14.7. The lowest BCUT2D eigenvalue weighted by molar-refractivity contribution is -0.119. The second kappa shape index (κ2) is 9.01. The van der Waals surface area contributed by atoms with Gasteiger partial charge in [-0.05, 0) is 36.0 Å². The van der Waals surface area contributed by atoms with Crippen LogP contribution in [0.2, 0.25) is 5.02 Å². The molecule has 3 N–H and O–H groups in total. The maximum absolute atomic E-state index is 12.3. The average molecular weight is 434 g/mol. The average Bonchev–Trinajstić information content (AvgIpc) is 3.03. The third-order valence-corrected chi connectivity index (χ3v) is 5.69. The van der Waals surface area contributed by atoms with Crippen LogP contribution in [0.5, 0.6) is 5.75 Å². The maximum Gasteiger partial charge on any atom is 0.281 e. The second-order valence-electron chi connectivity index (χ2n) is 5.72. The van der Waals surface area contributed by atoms with E-state index in [2.05, 4.69) is 16.2 Å². The zero-order chi connectivity index (χ0) is 20.1. The Kier molecular flexibility index (Phi) is 6.45. The van der Waals surface area contributed by atoms with Crippen LogP contribution in [-0.4, -0.2) is 24.0 Å². The fourth-order valence-corrected chi connectivity index (χ4v) is 4.04. The number of hydrogen-bond donors (Lipinski definition) is 3. The summed E-state index contributed by atoms with van der Waals surface area (Å²) < 4.78 is 5.99. The SMILES string of the molecule is COc1ccc(CC(=O)NC(=S)NNC(=O)c2sc3ccccc3c2Cl)cc1. The summed E-state index contributed by atoms with van der Waals surface area (Å²) in [7, 11) is 1.58. The van der Waals surface area contributed by atoms with E-state index in [4.69, 9.17) is 28.6 Å². The van der Waals surface area contributed by atoms with Crippen LogP contribution >= 0.6 is 35.2 Å². The molecule has 3 rings (SSSR count). The van der Waals surface area contributed by atoms with Crippen LogP contribution < -0.4 is 20.9 Å². The molecule has 0 fully saturated rings. The number of nitrogens with one attached hydrogen (secondary N) is 3. The molecule has 2 amide bonds. The fraction of sp³-hybridized carbons (Fsp3) is 0.105. The molecule has 2 aromatic carbocycles. The Balaban J connectivity index is 1.52. The lowest BCUT2D eigenvalue weighted by Crippen LogP contribution is -2.48. The van der Waals surface area contributed by atoms with Crippen molar-refractivity contribution < 1.29 is 14.3 Å². The molecular weight excluding hydrogens is 418 g/mol. The van der Waals surface area contributed by atoms with Crippen molar-refractivity contribution in [3.05, 3.63) is 64.0 Å². The molecule has 28 heavy (non-hydrogen) atoms. The number of halogens is 1. The van der Waals surface area contributed by atoms with Gasteiger partial charge in [0.2, 0.25) is 5.91 Å². The number of methoxy groups -OCH3 is 1. The first-order valence-electron chi connectivity index (χ1n) is 8.18. The van der Waals surface area contributed by atoms with E-state index in [1.807, 2.05) is 24.3 Å². The van der Waals surface area contributed by atoms with Crippen LogP contribution in [0.4, 0.5) is 0 Å². The molecule has 0 spiro atoms. The van der Waals surface area contributed by atoms with Crippen molar-refractivity contribution in [2.24, 2.45) is 0 Å². The predicted octanol–water partition coefficient (Wildman–Crippen LogP) is 3.44. The number of ether oxygens (including phenoxy) is 1. The van der Waals surface area contributed by atoms with E-state index in [-0.39, 0.29) is 17.4 Å². The Morgan fingerprint density at radius 1 is 1.11 bits per heavy atom. The van der Waals surface area contributed by atoms with E-state index in [0.29, 0.717) is 15.6 Å². The van der Waals surface area contributed by atoms with E-state index >= 15 is 0 Å². The number of fused-ring (bicyclic) bond motifs is 1. The van der Waals surface area contributed by atoms with Gasteiger partial charge >= 0.3 is 0 Å². The molecule has 0 atom stereocenters. The number of thiocarbonyl (C=S) groups is 1. The first-order valence-corrected chi connectivity index (χ1v) is 9.78. The van der Waals surface area contributed by atoms with Crippen molar-refractivity contribution in [3.8, 4) is 5.75 Å². The number of carbonyl (C=O) groups is 2. The van der Waals surface area contributed by atoms with Crippen LogP contribution in [0.3, 0.4) is 0 Å². The normalized spacial score (nSPS) is 10.4. The minimum Gasteiger partial charge on any atom is -0.497 e. The van der Waals surface area contributed by atoms with Gasteiger partial charge in [-0.15, -0.1) is 11.3 Å². The summed E-state index contributed by atoms with van der Waals surface area (Å²) in [5, 5.41) is 3.70. The number of rotatable bonds is 4. The van der Waals surface area contributed by atoms with Gasteiger partial charge in [-0.3, -0.25) is 20.4 Å². The highest BCUT2D eigenvalue weighted by atomic mass is 35.5. The van der Waals surface area contributed by atoms with E-state index in [1.165, 1.54) is 11.3 Å². The van der Waals surface area contributed by atoms with E-state index in [1.54, 1.807) is 31.4 Å². The van der Waals surface area contributed by atoms with Crippen LogP contribution in [0.1, 0.15) is 15.2 Å². The highest BCUT2D eigenvalue weighted by Crippen LogP contribution is 2.34. The number of benzene rings is 2. The lowest BCUT2D eigenvalue weighted by atomic mass is 10.1. The Bertz CT molecular complexity index is 1030. The number of amides is 2. The van der Waals surface area contributed by atoms with Gasteiger partial charge in [0.15, 0.2) is 5.11 Å². The van der Waals surface area contributed by atoms with Crippen molar-refractivity contribution in [3.63, 3.8) is 0 Å². The Hall–Kier alpha value is -2.68. The van der Waals surface area contributed by atoms with Gasteiger partial charge < -0.3 is 10.1 Å². The van der Waals surface area contributed by atoms with Crippen molar-refractivity contribution in [2.75, 3.05) is 7.11 Å². The fourth-order valence-electron chi connectivity index (χ4n) is 2.46. The molecule has 0 aliphatic rings. The number of thiophene rings is 1. The summed E-state index contributed by atoms with van der Waals surface area (Å²) in [6.07, 6.45) is 0.141. The third kappa shape index (κ3) is 4.78. The molecule has 0 radical (unpaired) electrons. The molecule has 0 unspecified atom stereocenters. The summed E-state index contributed by atoms with van der Waals surface area (Å²) in [6.45, 7) is 0. The summed E-state index contributed by atoms with van der Waals surface area (Å²) in [5.41, 5.74) is 5.77. The smallest absolute Gasteiger partial charge is 0.281 e. The third-order valence-electron chi connectivity index (χ3n) is 3.81. The molecule has 144 valence electrons. The van der Waals surface area contributed by atoms with Crippen LogP contribution in [0.15, 0.2) is 48.5 Å². The first-order chi connectivity index (χ1) is 13.5. The molecule has 0 saturated carbocycles. The molecule has 0 aliphatic carbocycles. The highest BCUT2D eigenvalue weighted by Gasteiger charge is 2.17. The first kappa shape index (κ1) is 20.1. The minimum absolute atomic E-state index is 0.0101. The highest BCUT2D eigenvalue weighted by molar-refractivity contribution is 7.80. The van der Waals surface area contributed by atoms with E-state index in [0.717, 1.165) is 15.6 Å². The van der Waals surface area contributed by atoms with Crippen LogP contribution in [-0.2, 0) is 11.2 Å².